The highest BCUT2D eigenvalue weighted by Gasteiger charge is 2.49. The molecule has 0 atom stereocenters. The minimum absolute atomic E-state index is 0.137. The van der Waals surface area contributed by atoms with E-state index < -0.39 is 0 Å². The third-order valence-corrected chi connectivity index (χ3v) is 33.3. The van der Waals surface area contributed by atoms with Crippen molar-refractivity contribution in [2.24, 2.45) is 0 Å². The molecule has 131 heavy (non-hydrogen) atoms. The lowest BCUT2D eigenvalue weighted by molar-refractivity contribution is 1.12. The summed E-state index contributed by atoms with van der Waals surface area (Å²) in [5.41, 5.74) is 34.7. The summed E-state index contributed by atoms with van der Waals surface area (Å²) in [4.78, 5) is 48.3. The van der Waals surface area contributed by atoms with Gasteiger partial charge >= 0.3 is 0 Å². The highest BCUT2D eigenvalue weighted by molar-refractivity contribution is 8.01. The molecule has 0 spiro atoms. The number of para-hydroxylation sites is 8. The Morgan fingerprint density at radius 1 is 0.191 bits per heavy atom. The third-order valence-electron chi connectivity index (χ3n) is 26.4. The number of fused-ring (bicyclic) bond motifs is 23. The van der Waals surface area contributed by atoms with Gasteiger partial charge in [-0.3, -0.25) is 19.9 Å². The molecule has 19 heteroatoms. The lowest BCUT2D eigenvalue weighted by Gasteiger charge is -2.44. The van der Waals surface area contributed by atoms with E-state index in [9.17, 15) is 0 Å². The van der Waals surface area contributed by atoms with E-state index in [0.717, 1.165) is 39.3 Å². The van der Waals surface area contributed by atoms with Gasteiger partial charge in [0.15, 0.2) is 0 Å². The van der Waals surface area contributed by atoms with E-state index in [1.54, 1.807) is 0 Å². The van der Waals surface area contributed by atoms with Crippen LogP contribution in [-0.2, 0) is 0 Å². The Morgan fingerprint density at radius 3 is 0.931 bits per heavy atom. The molecule has 0 saturated heterocycles. The fourth-order valence-electron chi connectivity index (χ4n) is 21.1. The van der Waals surface area contributed by atoms with E-state index in [-0.39, 0.29) is 20.1 Å². The summed E-state index contributed by atoms with van der Waals surface area (Å²) >= 11 is 11.3. The van der Waals surface area contributed by atoms with Crippen LogP contribution in [0.1, 0.15) is 0 Å². The number of hydrogen-bond acceptors (Lipinski definition) is 16. The van der Waals surface area contributed by atoms with Gasteiger partial charge in [0.2, 0.25) is 20.1 Å². The minimum atomic E-state index is 0.137. The van der Waals surface area contributed by atoms with Crippen molar-refractivity contribution in [3.63, 3.8) is 0 Å². The van der Waals surface area contributed by atoms with Crippen LogP contribution in [0.2, 0.25) is 0 Å². The Hall–Kier alpha value is -14.3. The van der Waals surface area contributed by atoms with Gasteiger partial charge in [-0.25, -0.2) is 0 Å². The molecule has 0 aliphatic carbocycles. The molecule has 4 aromatic heterocycles. The summed E-state index contributed by atoms with van der Waals surface area (Å²) < 4.78 is 0. The molecule has 0 bridgehead atoms. The molecule has 0 saturated carbocycles. The van der Waals surface area contributed by atoms with Crippen molar-refractivity contribution in [3.8, 4) is 0 Å². The highest BCUT2D eigenvalue weighted by atomic mass is 32.2. The molecule has 9 aliphatic heterocycles. The minimum Gasteiger partial charge on any atom is -0.310 e. The van der Waals surface area contributed by atoms with Crippen molar-refractivity contribution in [1.82, 2.24) is 19.9 Å². The zero-order valence-electron chi connectivity index (χ0n) is 70.0. The van der Waals surface area contributed by atoms with Crippen LogP contribution in [-0.4, -0.2) is 40.1 Å². The molecule has 612 valence electrons. The fourth-order valence-corrected chi connectivity index (χ4v) is 28.2. The average Bonchev–Trinajstić information content (AvgIpc) is 0.699. The quantitative estimate of drug-likeness (QED) is 0.148. The summed E-state index contributed by atoms with van der Waals surface area (Å²) in [5, 5.41) is 3.61. The molecule has 29 rings (SSSR count). The van der Waals surface area contributed by atoms with Crippen LogP contribution in [0, 0.1) is 0 Å². The Balaban J connectivity index is 0.000000101. The largest absolute Gasteiger partial charge is 0.310 e. The van der Waals surface area contributed by atoms with E-state index in [0.29, 0.717) is 0 Å². The molecule has 0 unspecified atom stereocenters. The van der Waals surface area contributed by atoms with Crippen LogP contribution in [0.15, 0.2) is 478 Å². The maximum Gasteiger partial charge on any atom is 0.249 e. The van der Waals surface area contributed by atoms with E-state index >= 15 is 0 Å². The molecule has 13 heterocycles. The highest BCUT2D eigenvalue weighted by Crippen LogP contribution is 2.63. The smallest absolute Gasteiger partial charge is 0.249 e. The SMILES string of the molecule is c1ccc(N2c3ccccc3Sc3c2cc2c4c3N(c3ccncc3)c3ccccc3B4c3ccccc3S2)cc1.c1ccc2c(c1)Sc1cc3c(c4c1B2c1ccccc1N4c1ccncc1)Sc1ccccc1N3c1cccc2ccccc12.c1ccc2c(c1)Sc1cc3c(c4c1B2c1ccccc1N4c1ccncc1)Sc1ccccc1N3c1cccc2cccnc12. The number of nitrogens with zero attached hydrogens (tertiary/aromatic N) is 10. The molecule has 16 aromatic carbocycles. The Bertz CT molecular complexity index is 7790. The first-order valence-corrected chi connectivity index (χ1v) is 48.8. The van der Waals surface area contributed by atoms with Gasteiger partial charge in [0.25, 0.3) is 0 Å². The Labute approximate surface area is 784 Å². The molecule has 0 N–H and O–H groups in total. The predicted octanol–water partition coefficient (Wildman–Crippen LogP) is 25.0. The summed E-state index contributed by atoms with van der Waals surface area (Å²) in [6.45, 7) is 0.452. The first kappa shape index (κ1) is 76.7. The van der Waals surface area contributed by atoms with Gasteiger partial charge in [-0.05, 0) is 196 Å². The molecule has 10 nitrogen and oxygen atoms in total. The van der Waals surface area contributed by atoms with E-state index in [1.165, 1.54) is 193 Å². The molecular weight excluding hydrogens is 1710 g/mol. The lowest BCUT2D eigenvalue weighted by Crippen LogP contribution is -2.60. The number of rotatable bonds is 6. The molecule has 0 radical (unpaired) electrons. The number of benzene rings is 16. The summed E-state index contributed by atoms with van der Waals surface area (Å²) in [7, 11) is 0. The van der Waals surface area contributed by atoms with Crippen LogP contribution in [0.3, 0.4) is 0 Å². The molecule has 9 aliphatic rings. The number of pyridine rings is 4. The van der Waals surface area contributed by atoms with Crippen molar-refractivity contribution in [2.45, 2.75) is 58.7 Å². The van der Waals surface area contributed by atoms with Gasteiger partial charge < -0.3 is 29.4 Å². The summed E-state index contributed by atoms with van der Waals surface area (Å²) in [6.07, 6.45) is 13.3. The number of aromatic nitrogens is 4. The fraction of sp³-hybridized carbons (Fsp3) is 0. The Morgan fingerprint density at radius 2 is 0.496 bits per heavy atom. The second-order valence-corrected chi connectivity index (χ2v) is 39.8. The molecular formula is C112H69B3N10S6. The zero-order valence-corrected chi connectivity index (χ0v) is 74.9. The van der Waals surface area contributed by atoms with Crippen molar-refractivity contribution in [2.75, 3.05) is 29.4 Å². The van der Waals surface area contributed by atoms with Crippen LogP contribution in [0.4, 0.5) is 102 Å². The van der Waals surface area contributed by atoms with Crippen LogP contribution >= 0.6 is 70.6 Å². The second kappa shape index (κ2) is 31.3. The molecule has 0 amide bonds. The lowest BCUT2D eigenvalue weighted by atomic mass is 9.35. The summed E-state index contributed by atoms with van der Waals surface area (Å²) in [6, 6.07) is 137. The maximum atomic E-state index is 4.91. The standard InChI is InChI=1S/C39H24BN3S2.C38H23BN4S2.C35H22BN3S2/c1-2-12-27-25(10-1)11-9-17-30(27)43-32-16-6-8-19-35(32)45-39-33(43)24-36-37-38(39)42(26-20-22-41-23-21-26)31-15-5-3-13-28(31)40(37)29-14-4-7-18-34(29)44-36;1-3-13-28-26(11-1)39-27-12-2-5-16-32(27)44-34-23-31-38(37(35(34)39)42(28)25-18-21-40-22-19-25)45-33-17-6-4-14-29(33)43(31)30-15-7-9-24-10-8-20-41-36(24)30;1-2-10-23(11-3-1)38-28-15-7-9-17-31(28)41-35-29(38)22-32-33-34(35)39(24-18-20-37-21-19-24)27-14-6-4-12-25(27)36(33)26-13-5-8-16-30(26)40-32/h1-24H;1-23H;1-22H. The monoisotopic (exact) mass is 1780 g/mol. The zero-order chi connectivity index (χ0) is 85.9. The maximum absolute atomic E-state index is 4.91. The van der Waals surface area contributed by atoms with Gasteiger partial charge in [-0.1, -0.05) is 305 Å². The van der Waals surface area contributed by atoms with Crippen molar-refractivity contribution in [1.29, 1.82) is 0 Å². The Kier molecular flexibility index (Phi) is 18.3. The first-order chi connectivity index (χ1) is 65.1. The number of anilines is 18. The van der Waals surface area contributed by atoms with Gasteiger partial charge in [-0.2, -0.15) is 0 Å². The van der Waals surface area contributed by atoms with E-state index in [4.69, 9.17) is 4.98 Å². The van der Waals surface area contributed by atoms with Gasteiger partial charge in [0.1, 0.15) is 0 Å². The van der Waals surface area contributed by atoms with Crippen molar-refractivity contribution < 1.29 is 0 Å². The normalized spacial score (nSPS) is 13.9. The van der Waals surface area contributed by atoms with Gasteiger partial charge in [0, 0.05) is 138 Å². The average molecular weight is 1780 g/mol. The first-order valence-electron chi connectivity index (χ1n) is 43.9. The second-order valence-electron chi connectivity index (χ2n) is 33.4. The van der Waals surface area contributed by atoms with E-state index in [2.05, 4.69) is 414 Å². The number of hydrogen-bond donors (Lipinski definition) is 0. The third kappa shape index (κ3) is 12.2. The van der Waals surface area contributed by atoms with Crippen molar-refractivity contribution >= 4 is 264 Å². The van der Waals surface area contributed by atoms with Gasteiger partial charge in [-0.15, -0.1) is 0 Å². The van der Waals surface area contributed by atoms with Crippen LogP contribution in [0.25, 0.3) is 21.7 Å². The van der Waals surface area contributed by atoms with Crippen molar-refractivity contribution in [3.05, 3.63) is 419 Å². The van der Waals surface area contributed by atoms with Crippen LogP contribution in [0.5, 0.6) is 0 Å². The van der Waals surface area contributed by atoms with Crippen LogP contribution < -0.4 is 78.6 Å². The topological polar surface area (TPSA) is 71.0 Å². The van der Waals surface area contributed by atoms with Gasteiger partial charge in [0.05, 0.1) is 82.8 Å². The molecule has 20 aromatic rings. The molecule has 0 fully saturated rings. The predicted molar refractivity (Wildman–Crippen MR) is 552 cm³/mol. The van der Waals surface area contributed by atoms with E-state index in [1.807, 2.05) is 120 Å². The summed E-state index contributed by atoms with van der Waals surface area (Å²) in [5.74, 6) is 0.